The van der Waals surface area contributed by atoms with Crippen molar-refractivity contribution in [1.82, 2.24) is 9.84 Å². The second-order valence-corrected chi connectivity index (χ2v) is 9.52. The third-order valence-electron chi connectivity index (χ3n) is 5.39. The topological polar surface area (TPSA) is 122 Å². The number of benzene rings is 3. The number of rotatable bonds is 9. The lowest BCUT2D eigenvalue weighted by molar-refractivity contribution is -0.139. The molecule has 0 spiro atoms. The number of hydrogen-bond acceptors (Lipinski definition) is 6. The molecule has 0 heterocycles. The maximum atomic E-state index is 13.7. The largest absolute Gasteiger partial charge is 0.497 e. The first kappa shape index (κ1) is 25.7. The predicted molar refractivity (Wildman–Crippen MR) is 134 cm³/mol. The number of carbonyl (C=O) groups excluding carboxylic acids is 2. The molecule has 0 unspecified atom stereocenters. The fourth-order valence-electron chi connectivity index (χ4n) is 3.49. The van der Waals surface area contributed by atoms with Gasteiger partial charge in [0.05, 0.1) is 12.0 Å². The minimum absolute atomic E-state index is 0.0825. The minimum atomic E-state index is -4.21. The third-order valence-corrected chi connectivity index (χ3v) is 6.70. The summed E-state index contributed by atoms with van der Waals surface area (Å²) >= 11 is 0. The standard InChI is InChI=1S/C25H28N4O5S/c1-18(30)29(27-35(32,33)23-11-7-10-20(26)17-23)24(16-19-8-5-4-6-9-19)25(31)28(2)21-12-14-22(34-3)15-13-21/h4-15,17,24,27H,16,26H2,1-3H3/t24-/m0/s1. The number of hydrazine groups is 1. The van der Waals surface area contributed by atoms with Crippen LogP contribution in [0, 0.1) is 0 Å². The molecule has 3 N–H and O–H groups in total. The molecule has 184 valence electrons. The first-order valence-corrected chi connectivity index (χ1v) is 12.2. The molecule has 3 rings (SSSR count). The molecule has 9 nitrogen and oxygen atoms in total. The number of anilines is 2. The van der Waals surface area contributed by atoms with E-state index in [1.54, 1.807) is 61.6 Å². The van der Waals surface area contributed by atoms with Crippen LogP contribution in [0.3, 0.4) is 0 Å². The number of amides is 2. The summed E-state index contributed by atoms with van der Waals surface area (Å²) in [5, 5.41) is 0.855. The zero-order valence-electron chi connectivity index (χ0n) is 19.7. The molecule has 0 saturated heterocycles. The number of nitrogen functional groups attached to an aromatic ring is 1. The Morgan fingerprint density at radius 2 is 1.66 bits per heavy atom. The first-order valence-electron chi connectivity index (χ1n) is 10.8. The Kier molecular flexibility index (Phi) is 8.10. The average molecular weight is 497 g/mol. The highest BCUT2D eigenvalue weighted by molar-refractivity contribution is 7.89. The number of carbonyl (C=O) groups is 2. The van der Waals surface area contributed by atoms with Crippen molar-refractivity contribution in [1.29, 1.82) is 0 Å². The van der Waals surface area contributed by atoms with Gasteiger partial charge in [0, 0.05) is 31.8 Å². The Labute approximate surface area is 205 Å². The van der Waals surface area contributed by atoms with Crippen molar-refractivity contribution in [3.63, 3.8) is 0 Å². The summed E-state index contributed by atoms with van der Waals surface area (Å²) in [7, 11) is -1.11. The van der Waals surface area contributed by atoms with Gasteiger partial charge in [-0.3, -0.25) is 14.6 Å². The summed E-state index contributed by atoms with van der Waals surface area (Å²) in [6.45, 7) is 1.19. The molecular formula is C25H28N4O5S. The molecule has 0 fully saturated rings. The van der Waals surface area contributed by atoms with Gasteiger partial charge >= 0.3 is 0 Å². The first-order chi connectivity index (χ1) is 16.6. The van der Waals surface area contributed by atoms with Gasteiger partial charge in [-0.15, -0.1) is 4.83 Å². The van der Waals surface area contributed by atoms with Gasteiger partial charge in [0.25, 0.3) is 15.9 Å². The van der Waals surface area contributed by atoms with Crippen molar-refractivity contribution < 1.29 is 22.7 Å². The molecule has 10 heteroatoms. The maximum absolute atomic E-state index is 13.7. The van der Waals surface area contributed by atoms with E-state index in [0.29, 0.717) is 11.4 Å². The number of ether oxygens (including phenoxy) is 1. The van der Waals surface area contributed by atoms with Crippen molar-refractivity contribution in [2.24, 2.45) is 0 Å². The fourth-order valence-corrected chi connectivity index (χ4v) is 4.66. The molecule has 35 heavy (non-hydrogen) atoms. The predicted octanol–water partition coefficient (Wildman–Crippen LogP) is 2.59. The molecule has 0 radical (unpaired) electrons. The van der Waals surface area contributed by atoms with E-state index in [1.165, 1.54) is 37.1 Å². The summed E-state index contributed by atoms with van der Waals surface area (Å²) in [4.78, 5) is 29.9. The van der Waals surface area contributed by atoms with Crippen molar-refractivity contribution >= 4 is 33.2 Å². The van der Waals surface area contributed by atoms with Crippen LogP contribution in [0.15, 0.2) is 83.8 Å². The van der Waals surface area contributed by atoms with Crippen LogP contribution in [0.2, 0.25) is 0 Å². The minimum Gasteiger partial charge on any atom is -0.497 e. The molecule has 0 aliphatic heterocycles. The third kappa shape index (κ3) is 6.37. The van der Waals surface area contributed by atoms with Gasteiger partial charge in [0.15, 0.2) is 0 Å². The Morgan fingerprint density at radius 1 is 1.00 bits per heavy atom. The van der Waals surface area contributed by atoms with E-state index in [1.807, 2.05) is 6.07 Å². The van der Waals surface area contributed by atoms with Crippen LogP contribution >= 0.6 is 0 Å². The second-order valence-electron chi connectivity index (χ2n) is 7.86. The van der Waals surface area contributed by atoms with Crippen LogP contribution in [0.1, 0.15) is 12.5 Å². The Morgan fingerprint density at radius 3 is 2.23 bits per heavy atom. The molecule has 1 atom stereocenters. The van der Waals surface area contributed by atoms with E-state index in [0.717, 1.165) is 10.6 Å². The highest BCUT2D eigenvalue weighted by Crippen LogP contribution is 2.21. The van der Waals surface area contributed by atoms with E-state index in [2.05, 4.69) is 4.83 Å². The lowest BCUT2D eigenvalue weighted by Crippen LogP contribution is -2.57. The van der Waals surface area contributed by atoms with Crippen LogP contribution in [0.4, 0.5) is 11.4 Å². The molecular weight excluding hydrogens is 468 g/mol. The van der Waals surface area contributed by atoms with E-state index in [-0.39, 0.29) is 17.0 Å². The summed E-state index contributed by atoms with van der Waals surface area (Å²) in [5.41, 5.74) is 7.29. The number of hydrogen-bond donors (Lipinski definition) is 2. The van der Waals surface area contributed by atoms with Crippen LogP contribution in [0.5, 0.6) is 5.75 Å². The van der Waals surface area contributed by atoms with Gasteiger partial charge in [-0.2, -0.15) is 0 Å². The molecule has 0 aliphatic carbocycles. The molecule has 3 aromatic rings. The van der Waals surface area contributed by atoms with Gasteiger partial charge in [-0.25, -0.2) is 8.42 Å². The lowest BCUT2D eigenvalue weighted by Gasteiger charge is -2.33. The quantitative estimate of drug-likeness (QED) is 0.347. The van der Waals surface area contributed by atoms with E-state index < -0.39 is 27.9 Å². The Balaban J connectivity index is 1.99. The zero-order chi connectivity index (χ0) is 25.6. The van der Waals surface area contributed by atoms with Gasteiger partial charge in [-0.1, -0.05) is 36.4 Å². The SMILES string of the molecule is COc1ccc(N(C)C(=O)[C@H](Cc2ccccc2)N(NS(=O)(=O)c2cccc(N)c2)C(C)=O)cc1. The summed E-state index contributed by atoms with van der Waals surface area (Å²) in [5.74, 6) is -0.505. The van der Waals surface area contributed by atoms with Gasteiger partial charge < -0.3 is 15.4 Å². The van der Waals surface area contributed by atoms with Crippen LogP contribution in [-0.2, 0) is 26.0 Å². The number of nitrogens with zero attached hydrogens (tertiary/aromatic N) is 2. The Bertz CT molecular complexity index is 1280. The van der Waals surface area contributed by atoms with Crippen LogP contribution in [0.25, 0.3) is 0 Å². The molecule has 0 bridgehead atoms. The summed E-state index contributed by atoms with van der Waals surface area (Å²) < 4.78 is 31.3. The molecule has 2 amide bonds. The molecule has 3 aromatic carbocycles. The molecule has 0 aliphatic rings. The normalized spacial score (nSPS) is 12.0. The number of sulfonamides is 1. The number of likely N-dealkylation sites (N-methyl/N-ethyl adjacent to an activating group) is 1. The average Bonchev–Trinajstić information content (AvgIpc) is 2.86. The maximum Gasteiger partial charge on any atom is 0.257 e. The van der Waals surface area contributed by atoms with E-state index in [4.69, 9.17) is 10.5 Å². The van der Waals surface area contributed by atoms with E-state index >= 15 is 0 Å². The lowest BCUT2D eigenvalue weighted by atomic mass is 10.0. The molecule has 0 aromatic heterocycles. The van der Waals surface area contributed by atoms with Crippen molar-refractivity contribution in [3.8, 4) is 5.75 Å². The summed E-state index contributed by atoms with van der Waals surface area (Å²) in [6, 6.07) is 20.4. The Hall–Kier alpha value is -3.89. The van der Waals surface area contributed by atoms with Crippen molar-refractivity contribution in [3.05, 3.63) is 84.4 Å². The second kappa shape index (κ2) is 11.0. The zero-order valence-corrected chi connectivity index (χ0v) is 20.5. The summed E-state index contributed by atoms with van der Waals surface area (Å²) in [6.07, 6.45) is 0.0825. The number of nitrogens with two attached hydrogens (primary N) is 1. The highest BCUT2D eigenvalue weighted by atomic mass is 32.2. The van der Waals surface area contributed by atoms with E-state index in [9.17, 15) is 18.0 Å². The monoisotopic (exact) mass is 496 g/mol. The van der Waals surface area contributed by atoms with Crippen LogP contribution < -0.4 is 20.2 Å². The van der Waals surface area contributed by atoms with Gasteiger partial charge in [-0.05, 0) is 48.0 Å². The van der Waals surface area contributed by atoms with Gasteiger partial charge in [0.1, 0.15) is 11.8 Å². The van der Waals surface area contributed by atoms with Crippen LogP contribution in [-0.4, -0.2) is 45.4 Å². The fraction of sp³-hybridized carbons (Fsp3) is 0.200. The van der Waals surface area contributed by atoms with Crippen molar-refractivity contribution in [2.75, 3.05) is 24.8 Å². The highest BCUT2D eigenvalue weighted by Gasteiger charge is 2.34. The number of nitrogens with one attached hydrogen (secondary N) is 1. The smallest absolute Gasteiger partial charge is 0.257 e. The van der Waals surface area contributed by atoms with Crippen molar-refractivity contribution in [2.45, 2.75) is 24.3 Å². The molecule has 0 saturated carbocycles. The van der Waals surface area contributed by atoms with Gasteiger partial charge in [0.2, 0.25) is 5.91 Å². The number of methoxy groups -OCH3 is 1.